The minimum absolute atomic E-state index is 0.0347. The van der Waals surface area contributed by atoms with E-state index in [1.54, 1.807) is 12.1 Å². The molecule has 10 nitrogen and oxygen atoms in total. The van der Waals surface area contributed by atoms with Gasteiger partial charge in [0.05, 0.1) is 23.9 Å². The largest absolute Gasteiger partial charge is 0.872 e. The van der Waals surface area contributed by atoms with Gasteiger partial charge in [0.15, 0.2) is 11.4 Å². The number of hydrogen-bond acceptors (Lipinski definition) is 10. The van der Waals surface area contributed by atoms with E-state index in [1.165, 1.54) is 30.3 Å². The number of carboxylic acid groups (broad SMARTS) is 1. The van der Waals surface area contributed by atoms with Gasteiger partial charge >= 0.3 is 5.97 Å². The van der Waals surface area contributed by atoms with Gasteiger partial charge in [0.2, 0.25) is 0 Å². The number of allylic oxidation sites excluding steroid dienone is 2. The number of benzene rings is 2. The average molecular weight is 573 g/mol. The van der Waals surface area contributed by atoms with Crippen LogP contribution in [0.3, 0.4) is 0 Å². The molecule has 8 unspecified atom stereocenters. The topological polar surface area (TPSA) is 165 Å². The van der Waals surface area contributed by atoms with Gasteiger partial charge < -0.3 is 39.4 Å². The van der Waals surface area contributed by atoms with Crippen molar-refractivity contribution in [3.05, 3.63) is 72.0 Å². The van der Waals surface area contributed by atoms with Crippen molar-refractivity contribution in [2.24, 2.45) is 29.1 Å². The van der Waals surface area contributed by atoms with Crippen LogP contribution in [-0.4, -0.2) is 40.1 Å². The van der Waals surface area contributed by atoms with Crippen molar-refractivity contribution in [3.63, 3.8) is 0 Å². The van der Waals surface area contributed by atoms with Crippen LogP contribution < -0.4 is 19.7 Å². The van der Waals surface area contributed by atoms with Gasteiger partial charge in [0.25, 0.3) is 0 Å². The zero-order valence-electron chi connectivity index (χ0n) is 22.4. The van der Waals surface area contributed by atoms with Crippen LogP contribution in [0.15, 0.2) is 66.5 Å². The Morgan fingerprint density at radius 3 is 2.74 bits per heavy atom. The summed E-state index contributed by atoms with van der Waals surface area (Å²) in [7, 11) is 0. The second kappa shape index (κ2) is 9.35. The van der Waals surface area contributed by atoms with E-state index in [4.69, 9.17) is 14.2 Å². The van der Waals surface area contributed by atoms with Crippen LogP contribution in [0.1, 0.15) is 37.7 Å². The molecule has 10 heteroatoms. The van der Waals surface area contributed by atoms with Crippen molar-refractivity contribution in [1.82, 2.24) is 0 Å². The van der Waals surface area contributed by atoms with E-state index in [2.05, 4.69) is 0 Å². The standard InChI is InChI=1S/C19H20O5.C13H10O5/c20-9-3-4-12-13(6-9)23-14-7-10(21)8-18-5-1-2-11-15(18)19(12,16(14)18)24-17(11)22;14-8-2-1-3-10(6-8)18-12-7-9(15)4-5-11(12)13(16)17/h3-4,6,10-11,14-16,20-21H,1-2,5,7-8H2;1-7,11,14H,(H,16,17)/p-2. The SMILES string of the molecule is O=C1C=CC(C(=O)[O-])C(Oc2cccc([O-])c2)=C1.O=C1OC23c4ccc(O)cc4OC4CC(O)CC5(CCCC1C52)C43. The maximum atomic E-state index is 12.7. The van der Waals surface area contributed by atoms with Crippen molar-refractivity contribution >= 4 is 17.7 Å². The second-order valence-electron chi connectivity index (χ2n) is 12.0. The molecule has 2 N–H and O–H groups in total. The third-order valence-corrected chi connectivity index (χ3v) is 9.79. The number of carboxylic acids is 1. The fraction of sp³-hybridized carbons (Fsp3) is 0.406. The Morgan fingerprint density at radius 2 is 1.95 bits per heavy atom. The molecule has 2 aromatic rings. The summed E-state index contributed by atoms with van der Waals surface area (Å²) < 4.78 is 17.6. The van der Waals surface area contributed by atoms with Crippen LogP contribution >= 0.6 is 0 Å². The lowest BCUT2D eigenvalue weighted by molar-refractivity contribution is -0.315. The molecule has 2 aromatic carbocycles. The lowest BCUT2D eigenvalue weighted by atomic mass is 9.33. The Bertz CT molecular complexity index is 1560. The van der Waals surface area contributed by atoms with E-state index in [0.29, 0.717) is 12.2 Å². The van der Waals surface area contributed by atoms with Crippen molar-refractivity contribution in [2.75, 3.05) is 0 Å². The molecule has 2 spiro atoms. The summed E-state index contributed by atoms with van der Waals surface area (Å²) in [5.41, 5.74) is 0.276. The Kier molecular flexibility index (Phi) is 5.92. The number of hydrogen-bond donors (Lipinski definition) is 2. The fourth-order valence-electron chi connectivity index (χ4n) is 8.65. The smallest absolute Gasteiger partial charge is 0.310 e. The molecule has 0 aromatic heterocycles. The van der Waals surface area contributed by atoms with E-state index >= 15 is 0 Å². The summed E-state index contributed by atoms with van der Waals surface area (Å²) in [6.07, 6.45) is 7.12. The third kappa shape index (κ3) is 3.77. The van der Waals surface area contributed by atoms with Gasteiger partial charge in [-0.1, -0.05) is 24.6 Å². The number of phenolic OH excluding ortho intramolecular Hbond substituents is 1. The number of fused-ring (bicyclic) bond motifs is 1. The van der Waals surface area contributed by atoms with Gasteiger partial charge in [-0.2, -0.15) is 0 Å². The molecule has 6 aliphatic rings. The molecule has 0 bridgehead atoms. The first kappa shape index (κ1) is 26.6. The number of ether oxygens (including phenoxy) is 3. The van der Waals surface area contributed by atoms with Crippen molar-refractivity contribution in [2.45, 2.75) is 49.9 Å². The maximum absolute atomic E-state index is 12.7. The first-order chi connectivity index (χ1) is 20.1. The highest BCUT2D eigenvalue weighted by Gasteiger charge is 2.84. The number of aliphatic hydroxyl groups excluding tert-OH is 1. The van der Waals surface area contributed by atoms with E-state index in [0.717, 1.165) is 43.4 Å². The predicted molar refractivity (Wildman–Crippen MR) is 140 cm³/mol. The summed E-state index contributed by atoms with van der Waals surface area (Å²) in [6.45, 7) is 0. The van der Waals surface area contributed by atoms with Crippen molar-refractivity contribution in [1.29, 1.82) is 0 Å². The number of rotatable bonds is 3. The minimum Gasteiger partial charge on any atom is -0.872 e. The highest BCUT2D eigenvalue weighted by atomic mass is 16.6. The minimum atomic E-state index is -1.37. The van der Waals surface area contributed by atoms with Crippen LogP contribution in [0, 0.1) is 29.1 Å². The van der Waals surface area contributed by atoms with Crippen molar-refractivity contribution < 1.29 is 49.0 Å². The predicted octanol–water partition coefficient (Wildman–Crippen LogP) is 1.62. The highest BCUT2D eigenvalue weighted by molar-refractivity contribution is 6.02. The van der Waals surface area contributed by atoms with Crippen LogP contribution in [-0.2, 0) is 24.7 Å². The number of aliphatic hydroxyl groups is 1. The number of phenols is 1. The van der Waals surface area contributed by atoms with Crippen LogP contribution in [0.2, 0.25) is 0 Å². The number of ketones is 1. The lowest BCUT2D eigenvalue weighted by Crippen LogP contribution is -2.75. The van der Waals surface area contributed by atoms with Gasteiger partial charge in [0.1, 0.15) is 29.1 Å². The Labute approximate surface area is 240 Å². The number of carbonyl (C=O) groups is 3. The van der Waals surface area contributed by atoms with E-state index < -0.39 is 23.6 Å². The van der Waals surface area contributed by atoms with Gasteiger partial charge in [0, 0.05) is 36.0 Å². The zero-order valence-corrected chi connectivity index (χ0v) is 22.4. The van der Waals surface area contributed by atoms with Gasteiger partial charge in [-0.3, -0.25) is 9.59 Å². The maximum Gasteiger partial charge on any atom is 0.310 e. The van der Waals surface area contributed by atoms with Gasteiger partial charge in [-0.05, 0) is 55.0 Å². The number of aromatic hydroxyl groups is 1. The fourth-order valence-corrected chi connectivity index (χ4v) is 8.65. The summed E-state index contributed by atoms with van der Waals surface area (Å²) in [5.74, 6) is -2.13. The highest BCUT2D eigenvalue weighted by Crippen LogP contribution is 2.80. The zero-order chi connectivity index (χ0) is 29.4. The van der Waals surface area contributed by atoms with E-state index in [-0.39, 0.29) is 64.0 Å². The number of aliphatic carboxylic acids is 1. The molecule has 0 radical (unpaired) electrons. The Balaban J connectivity index is 0.000000144. The molecule has 4 aliphatic carbocycles. The summed E-state index contributed by atoms with van der Waals surface area (Å²) in [6, 6.07) is 10.6. The monoisotopic (exact) mass is 572 g/mol. The van der Waals surface area contributed by atoms with E-state index in [1.807, 2.05) is 6.07 Å². The lowest BCUT2D eigenvalue weighted by Gasteiger charge is -2.72. The molecule has 2 heterocycles. The molecule has 2 aliphatic heterocycles. The molecule has 42 heavy (non-hydrogen) atoms. The van der Waals surface area contributed by atoms with Crippen LogP contribution in [0.25, 0.3) is 0 Å². The second-order valence-corrected chi connectivity index (χ2v) is 12.0. The molecule has 4 fully saturated rings. The summed E-state index contributed by atoms with van der Waals surface area (Å²) in [5, 5.41) is 42.3. The summed E-state index contributed by atoms with van der Waals surface area (Å²) in [4.78, 5) is 34.7. The molecule has 8 atom stereocenters. The molecule has 1 saturated heterocycles. The molecule has 8 rings (SSSR count). The normalized spacial score (nSPS) is 36.4. The molecular formula is C32H28O10-2. The number of esters is 1. The van der Waals surface area contributed by atoms with Crippen LogP contribution in [0.4, 0.5) is 0 Å². The first-order valence-electron chi connectivity index (χ1n) is 14.1. The quantitative estimate of drug-likeness (QED) is 0.516. The van der Waals surface area contributed by atoms with Crippen LogP contribution in [0.5, 0.6) is 23.0 Å². The molecule has 218 valence electrons. The van der Waals surface area contributed by atoms with Gasteiger partial charge in [-0.25, -0.2) is 0 Å². The molecule has 3 saturated carbocycles. The molecule has 0 amide bonds. The summed E-state index contributed by atoms with van der Waals surface area (Å²) >= 11 is 0. The number of carbonyl (C=O) groups excluding carboxylic acids is 3. The Morgan fingerprint density at radius 1 is 1.12 bits per heavy atom. The molecular weight excluding hydrogens is 544 g/mol. The van der Waals surface area contributed by atoms with Crippen molar-refractivity contribution in [3.8, 4) is 23.0 Å². The first-order valence-corrected chi connectivity index (χ1v) is 14.1. The average Bonchev–Trinajstić information content (AvgIpc) is 3.19. The van der Waals surface area contributed by atoms with Gasteiger partial charge in [-0.15, -0.1) is 5.75 Å². The third-order valence-electron chi connectivity index (χ3n) is 9.79. The van der Waals surface area contributed by atoms with E-state index in [9.17, 15) is 34.8 Å². The Hall–Kier alpha value is -4.31.